The number of aliphatic hydroxyl groups is 1. The molecule has 2 aromatic rings. The summed E-state index contributed by atoms with van der Waals surface area (Å²) < 4.78 is 0. The second kappa shape index (κ2) is 7.50. The van der Waals surface area contributed by atoms with Crippen LogP contribution in [0.5, 0.6) is 0 Å². The summed E-state index contributed by atoms with van der Waals surface area (Å²) in [5.41, 5.74) is 2.07. The molecule has 0 bridgehead atoms. The summed E-state index contributed by atoms with van der Waals surface area (Å²) in [6.45, 7) is 4.40. The van der Waals surface area contributed by atoms with Crippen molar-refractivity contribution >= 4 is 0 Å². The Bertz CT molecular complexity index is 627. The average Bonchev–Trinajstić information content (AvgIpc) is 2.62. The molecule has 0 spiro atoms. The fraction of sp³-hybridized carbons (Fsp3) is 0.455. The van der Waals surface area contributed by atoms with Crippen molar-refractivity contribution in [1.29, 1.82) is 0 Å². The van der Waals surface area contributed by atoms with Gasteiger partial charge in [0.15, 0.2) is 0 Å². The van der Waals surface area contributed by atoms with E-state index < -0.39 is 5.60 Å². The highest BCUT2D eigenvalue weighted by molar-refractivity contribution is 5.22. The predicted octanol–water partition coefficient (Wildman–Crippen LogP) is 3.99. The number of hydrogen-bond acceptors (Lipinski definition) is 1. The molecule has 3 N–H and O–H groups in total. The molecule has 0 radical (unpaired) electrons. The van der Waals surface area contributed by atoms with Crippen LogP contribution in [-0.2, 0) is 0 Å². The van der Waals surface area contributed by atoms with Gasteiger partial charge in [0.25, 0.3) is 0 Å². The largest absolute Gasteiger partial charge is 0.389 e. The third-order valence-corrected chi connectivity index (χ3v) is 5.67. The van der Waals surface area contributed by atoms with E-state index in [0.717, 1.165) is 25.7 Å². The molecule has 1 heterocycles. The number of piperidine rings is 1. The van der Waals surface area contributed by atoms with Crippen LogP contribution >= 0.6 is 0 Å². The molecular weight excluding hydrogens is 294 g/mol. The lowest BCUT2D eigenvalue weighted by molar-refractivity contribution is -0.757. The Balaban J connectivity index is 1.98. The van der Waals surface area contributed by atoms with Gasteiger partial charge in [0.05, 0.1) is 5.60 Å². The van der Waals surface area contributed by atoms with E-state index >= 15 is 0 Å². The highest BCUT2D eigenvalue weighted by atomic mass is 16.3. The lowest BCUT2D eigenvalue weighted by Gasteiger charge is -2.46. The van der Waals surface area contributed by atoms with Gasteiger partial charge in [-0.05, 0) is 12.8 Å². The van der Waals surface area contributed by atoms with Crippen LogP contribution in [0.25, 0.3) is 0 Å². The molecule has 128 valence electrons. The number of nitrogens with two attached hydrogens (primary N) is 1. The summed E-state index contributed by atoms with van der Waals surface area (Å²) >= 11 is 0. The Morgan fingerprint density at radius 1 is 0.958 bits per heavy atom. The Labute approximate surface area is 145 Å². The van der Waals surface area contributed by atoms with Crippen LogP contribution in [0.3, 0.4) is 0 Å². The van der Waals surface area contributed by atoms with Gasteiger partial charge >= 0.3 is 0 Å². The van der Waals surface area contributed by atoms with Crippen molar-refractivity contribution in [3.8, 4) is 0 Å². The maximum Gasteiger partial charge on any atom is 0.118 e. The molecule has 0 unspecified atom stereocenters. The zero-order valence-corrected chi connectivity index (χ0v) is 14.9. The summed E-state index contributed by atoms with van der Waals surface area (Å²) in [6, 6.07) is 22.0. The summed E-state index contributed by atoms with van der Waals surface area (Å²) in [7, 11) is 0. The van der Waals surface area contributed by atoms with Gasteiger partial charge in [-0.3, -0.25) is 0 Å². The van der Waals surface area contributed by atoms with E-state index in [4.69, 9.17) is 0 Å². The maximum atomic E-state index is 11.6. The van der Waals surface area contributed by atoms with Crippen molar-refractivity contribution in [2.45, 2.75) is 57.2 Å². The van der Waals surface area contributed by atoms with Gasteiger partial charge in [0.2, 0.25) is 0 Å². The van der Waals surface area contributed by atoms with Crippen molar-refractivity contribution in [2.24, 2.45) is 5.92 Å². The molecule has 0 amide bonds. The van der Waals surface area contributed by atoms with Gasteiger partial charge in [-0.1, -0.05) is 80.9 Å². The molecule has 0 saturated carbocycles. The van der Waals surface area contributed by atoms with Gasteiger partial charge in [0.1, 0.15) is 12.1 Å². The fourth-order valence-electron chi connectivity index (χ4n) is 4.62. The molecule has 2 heteroatoms. The van der Waals surface area contributed by atoms with Crippen molar-refractivity contribution in [3.63, 3.8) is 0 Å². The Kier molecular flexibility index (Phi) is 5.37. The Morgan fingerprint density at radius 2 is 1.54 bits per heavy atom. The average molecular weight is 324 g/mol. The molecule has 1 saturated heterocycles. The minimum atomic E-state index is -0.584. The van der Waals surface area contributed by atoms with Gasteiger partial charge < -0.3 is 10.4 Å². The summed E-state index contributed by atoms with van der Waals surface area (Å²) in [4.78, 5) is 0. The van der Waals surface area contributed by atoms with Crippen molar-refractivity contribution in [2.75, 3.05) is 0 Å². The van der Waals surface area contributed by atoms with Crippen LogP contribution in [0.4, 0.5) is 0 Å². The summed E-state index contributed by atoms with van der Waals surface area (Å²) in [6.07, 6.45) is 3.75. The van der Waals surface area contributed by atoms with E-state index in [-0.39, 0.29) is 0 Å². The Morgan fingerprint density at radius 3 is 2.08 bits per heavy atom. The summed E-state index contributed by atoms with van der Waals surface area (Å²) in [5.74, 6) is 0.291. The van der Waals surface area contributed by atoms with Gasteiger partial charge in [0, 0.05) is 23.5 Å². The van der Waals surface area contributed by atoms with Crippen molar-refractivity contribution < 1.29 is 10.4 Å². The lowest BCUT2D eigenvalue weighted by Crippen LogP contribution is -2.91. The van der Waals surface area contributed by atoms with E-state index in [1.54, 1.807) is 0 Å². The number of quaternary nitrogens is 1. The van der Waals surface area contributed by atoms with E-state index in [1.165, 1.54) is 11.1 Å². The molecule has 3 rings (SSSR count). The molecule has 1 aliphatic rings. The third-order valence-electron chi connectivity index (χ3n) is 5.67. The van der Waals surface area contributed by atoms with Gasteiger partial charge in [-0.2, -0.15) is 0 Å². The monoisotopic (exact) mass is 324 g/mol. The topological polar surface area (TPSA) is 36.8 Å². The normalized spacial score (nSPS) is 30.2. The second-order valence-electron chi connectivity index (χ2n) is 7.22. The first-order chi connectivity index (χ1) is 11.7. The van der Waals surface area contributed by atoms with Crippen LogP contribution in [-0.4, -0.2) is 10.7 Å². The minimum absolute atomic E-state index is 0.291. The molecule has 2 aromatic carbocycles. The van der Waals surface area contributed by atoms with Crippen LogP contribution in [0, 0.1) is 5.92 Å². The summed E-state index contributed by atoms with van der Waals surface area (Å²) in [5, 5.41) is 14.1. The number of rotatable bonds is 5. The van der Waals surface area contributed by atoms with E-state index in [9.17, 15) is 5.11 Å². The second-order valence-corrected chi connectivity index (χ2v) is 7.22. The first-order valence-electron chi connectivity index (χ1n) is 9.35. The van der Waals surface area contributed by atoms with E-state index in [1.807, 2.05) is 0 Å². The molecule has 24 heavy (non-hydrogen) atoms. The standard InChI is InChI=1S/C22H29NO/c1-3-15-22(24)16-20(17-11-7-5-8-12-17)23-21(19(22)4-2)18-13-9-6-10-14-18/h5-14,19-21,23-24H,3-4,15-16H2,1-2H3/p+1/t19-,20+,21-,22+/m0/s1. The zero-order chi connectivity index (χ0) is 17.0. The number of benzene rings is 2. The third kappa shape index (κ3) is 3.40. The van der Waals surface area contributed by atoms with Crippen LogP contribution in [0.15, 0.2) is 60.7 Å². The quantitative estimate of drug-likeness (QED) is 0.857. The predicted molar refractivity (Wildman–Crippen MR) is 98.5 cm³/mol. The van der Waals surface area contributed by atoms with Gasteiger partial charge in [-0.15, -0.1) is 0 Å². The molecule has 1 aliphatic heterocycles. The molecule has 0 aliphatic carbocycles. The van der Waals surface area contributed by atoms with Crippen LogP contribution < -0.4 is 5.32 Å². The minimum Gasteiger partial charge on any atom is -0.389 e. The maximum absolute atomic E-state index is 11.6. The smallest absolute Gasteiger partial charge is 0.118 e. The Hall–Kier alpha value is -1.64. The van der Waals surface area contributed by atoms with Crippen LogP contribution in [0.1, 0.15) is 62.7 Å². The van der Waals surface area contributed by atoms with E-state index in [0.29, 0.717) is 18.0 Å². The molecule has 0 aromatic heterocycles. The molecule has 4 atom stereocenters. The van der Waals surface area contributed by atoms with E-state index in [2.05, 4.69) is 79.8 Å². The van der Waals surface area contributed by atoms with Crippen molar-refractivity contribution in [1.82, 2.24) is 0 Å². The molecular formula is C22H30NO+. The molecule has 1 fully saturated rings. The van der Waals surface area contributed by atoms with Crippen molar-refractivity contribution in [3.05, 3.63) is 71.8 Å². The first-order valence-corrected chi connectivity index (χ1v) is 9.35. The number of hydrogen-bond donors (Lipinski definition) is 2. The van der Waals surface area contributed by atoms with Crippen LogP contribution in [0.2, 0.25) is 0 Å². The van der Waals surface area contributed by atoms with Gasteiger partial charge in [-0.25, -0.2) is 0 Å². The fourth-order valence-corrected chi connectivity index (χ4v) is 4.62. The first kappa shape index (κ1) is 17.2. The lowest BCUT2D eigenvalue weighted by atomic mass is 9.68. The zero-order valence-electron chi connectivity index (χ0n) is 14.9. The SMILES string of the molecule is CCC[C@@]1(O)C[C@H](c2ccccc2)[NH2+][C@@H](c2ccccc2)[C@@H]1CC. The molecule has 2 nitrogen and oxygen atoms in total. The highest BCUT2D eigenvalue weighted by Crippen LogP contribution is 2.42. The highest BCUT2D eigenvalue weighted by Gasteiger charge is 2.49.